The maximum Gasteiger partial charge on any atom is 0.338 e. The number of amidine groups is 1. The lowest BCUT2D eigenvalue weighted by molar-refractivity contribution is -0.136. The van der Waals surface area contributed by atoms with Gasteiger partial charge < -0.3 is 15.0 Å². The van der Waals surface area contributed by atoms with Crippen molar-refractivity contribution in [1.82, 2.24) is 10.2 Å². The zero-order valence-electron chi connectivity index (χ0n) is 16.0. The number of amides is 1. The summed E-state index contributed by atoms with van der Waals surface area (Å²) in [5.41, 5.74) is 3.09. The zero-order valence-corrected chi connectivity index (χ0v) is 16.8. The molecule has 1 aromatic carbocycles. The summed E-state index contributed by atoms with van der Waals surface area (Å²) in [5.74, 6) is -0.375. The molecule has 146 valence electrons. The molecule has 1 N–H and O–H groups in total. The van der Waals surface area contributed by atoms with Crippen LogP contribution in [0, 0.1) is 0 Å². The molecule has 2 aliphatic heterocycles. The molecule has 28 heavy (non-hydrogen) atoms. The molecule has 4 rings (SSSR count). The predicted molar refractivity (Wildman–Crippen MR) is 109 cm³/mol. The predicted octanol–water partition coefficient (Wildman–Crippen LogP) is 3.49. The maximum atomic E-state index is 12.7. The summed E-state index contributed by atoms with van der Waals surface area (Å²) in [6, 6.07) is 9.80. The average Bonchev–Trinajstić information content (AvgIpc) is 3.45. The van der Waals surface area contributed by atoms with E-state index >= 15 is 0 Å². The first-order valence-electron chi connectivity index (χ1n) is 9.51. The van der Waals surface area contributed by atoms with Gasteiger partial charge in [-0.25, -0.2) is 9.79 Å². The van der Waals surface area contributed by atoms with Gasteiger partial charge >= 0.3 is 5.97 Å². The number of thioether (sulfide) groups is 1. The molecule has 2 heterocycles. The molecule has 1 unspecified atom stereocenters. The lowest BCUT2D eigenvalue weighted by atomic mass is 9.93. The minimum atomic E-state index is -0.382. The van der Waals surface area contributed by atoms with Crippen LogP contribution in [0.1, 0.15) is 44.2 Å². The van der Waals surface area contributed by atoms with E-state index in [4.69, 9.17) is 9.73 Å². The summed E-state index contributed by atoms with van der Waals surface area (Å²) in [7, 11) is 1.39. The van der Waals surface area contributed by atoms with Gasteiger partial charge in [-0.2, -0.15) is 0 Å². The van der Waals surface area contributed by atoms with Crippen molar-refractivity contribution in [3.05, 3.63) is 58.3 Å². The molecule has 0 aromatic heterocycles. The van der Waals surface area contributed by atoms with Crippen molar-refractivity contribution >= 4 is 28.8 Å². The molecule has 1 aromatic rings. The van der Waals surface area contributed by atoms with Crippen LogP contribution >= 0.6 is 11.8 Å². The minimum Gasteiger partial charge on any atom is -0.466 e. The van der Waals surface area contributed by atoms with Crippen LogP contribution in [0.5, 0.6) is 0 Å². The number of ether oxygens (including phenoxy) is 1. The Morgan fingerprint density at radius 2 is 2.04 bits per heavy atom. The number of carbonyl (C=O) groups is 2. The highest BCUT2D eigenvalue weighted by atomic mass is 32.2. The van der Waals surface area contributed by atoms with Crippen molar-refractivity contribution < 1.29 is 14.3 Å². The van der Waals surface area contributed by atoms with Gasteiger partial charge in [-0.3, -0.25) is 4.79 Å². The second-order valence-electron chi connectivity index (χ2n) is 7.03. The van der Waals surface area contributed by atoms with Crippen LogP contribution in [0.25, 0.3) is 0 Å². The standard InChI is InChI=1S/C21H23N3O3S/c1-3-16-18(20(26)27-2)19(13-7-5-4-6-8-13)24-15(12-28-21(24)23-16)11-17(25)22-14-9-10-14/h4-8,12,14,19H,3,9-11H2,1-2H3,(H,22,25). The molecule has 1 amide bonds. The topological polar surface area (TPSA) is 71.0 Å². The number of nitrogens with zero attached hydrogens (tertiary/aromatic N) is 2. The monoisotopic (exact) mass is 397 g/mol. The fourth-order valence-corrected chi connectivity index (χ4v) is 4.47. The highest BCUT2D eigenvalue weighted by Gasteiger charge is 2.41. The number of esters is 1. The molecule has 6 nitrogen and oxygen atoms in total. The largest absolute Gasteiger partial charge is 0.466 e. The van der Waals surface area contributed by atoms with Gasteiger partial charge in [0.05, 0.1) is 30.8 Å². The van der Waals surface area contributed by atoms with Crippen LogP contribution in [-0.2, 0) is 14.3 Å². The molecule has 7 heteroatoms. The maximum absolute atomic E-state index is 12.7. The molecule has 1 saturated carbocycles. The lowest BCUT2D eigenvalue weighted by Gasteiger charge is -2.36. The van der Waals surface area contributed by atoms with Crippen molar-refractivity contribution in [1.29, 1.82) is 0 Å². The Morgan fingerprint density at radius 1 is 1.29 bits per heavy atom. The third-order valence-corrected chi connectivity index (χ3v) is 5.92. The molecular formula is C21H23N3O3S. The van der Waals surface area contributed by atoms with Crippen LogP contribution in [0.3, 0.4) is 0 Å². The number of allylic oxidation sites excluding steroid dienone is 1. The van der Waals surface area contributed by atoms with Gasteiger partial charge in [0.25, 0.3) is 0 Å². The molecule has 0 saturated heterocycles. The molecule has 1 atom stereocenters. The molecule has 1 fully saturated rings. The number of fused-ring (bicyclic) bond motifs is 1. The first-order chi connectivity index (χ1) is 13.6. The number of nitrogens with one attached hydrogen (secondary N) is 1. The van der Waals surface area contributed by atoms with Gasteiger partial charge in [-0.05, 0) is 30.2 Å². The molecular weight excluding hydrogens is 374 g/mol. The average molecular weight is 398 g/mol. The zero-order chi connectivity index (χ0) is 19.7. The van der Waals surface area contributed by atoms with E-state index in [2.05, 4.69) is 5.32 Å². The second kappa shape index (κ2) is 7.83. The number of benzene rings is 1. The van der Waals surface area contributed by atoms with Crippen molar-refractivity contribution in [2.45, 2.75) is 44.7 Å². The van der Waals surface area contributed by atoms with Gasteiger partial charge in [-0.15, -0.1) is 0 Å². The quantitative estimate of drug-likeness (QED) is 0.744. The van der Waals surface area contributed by atoms with E-state index in [9.17, 15) is 9.59 Å². The number of carbonyl (C=O) groups excluding carboxylic acids is 2. The van der Waals surface area contributed by atoms with Gasteiger partial charge in [0.2, 0.25) is 5.91 Å². The normalized spacial score (nSPS) is 21.1. The number of hydrogen-bond acceptors (Lipinski definition) is 6. The summed E-state index contributed by atoms with van der Waals surface area (Å²) in [6.07, 6.45) is 3.00. The second-order valence-corrected chi connectivity index (χ2v) is 7.87. The van der Waals surface area contributed by atoms with Crippen molar-refractivity contribution in [2.75, 3.05) is 7.11 Å². The molecule has 0 spiro atoms. The number of aliphatic imine (C=N–C) groups is 1. The Kier molecular flexibility index (Phi) is 5.26. The fourth-order valence-electron chi connectivity index (χ4n) is 3.53. The van der Waals surface area contributed by atoms with Crippen LogP contribution in [0.15, 0.2) is 57.7 Å². The smallest absolute Gasteiger partial charge is 0.338 e. The molecule has 0 radical (unpaired) electrons. The number of methoxy groups -OCH3 is 1. The Balaban J connectivity index is 1.72. The van der Waals surface area contributed by atoms with Crippen LogP contribution < -0.4 is 5.32 Å². The summed E-state index contributed by atoms with van der Waals surface area (Å²) in [4.78, 5) is 31.9. The lowest BCUT2D eigenvalue weighted by Crippen LogP contribution is -2.38. The van der Waals surface area contributed by atoms with Crippen LogP contribution in [0.2, 0.25) is 0 Å². The van der Waals surface area contributed by atoms with E-state index in [1.54, 1.807) is 0 Å². The summed E-state index contributed by atoms with van der Waals surface area (Å²) in [5, 5.41) is 5.80. The van der Waals surface area contributed by atoms with E-state index in [1.165, 1.54) is 18.9 Å². The van der Waals surface area contributed by atoms with Crippen LogP contribution in [-0.4, -0.2) is 35.1 Å². The van der Waals surface area contributed by atoms with Crippen molar-refractivity contribution in [3.8, 4) is 0 Å². The SMILES string of the molecule is CCC1=C(C(=O)OC)C(c2ccccc2)N2C(CC(=O)NC3CC3)=CSC2=N1. The summed E-state index contributed by atoms with van der Waals surface area (Å²) >= 11 is 1.50. The van der Waals surface area contributed by atoms with Gasteiger partial charge in [0, 0.05) is 11.7 Å². The Bertz CT molecular complexity index is 887. The third kappa shape index (κ3) is 3.58. The van der Waals surface area contributed by atoms with E-state index < -0.39 is 0 Å². The molecule has 1 aliphatic carbocycles. The van der Waals surface area contributed by atoms with Gasteiger partial charge in [0.1, 0.15) is 0 Å². The summed E-state index contributed by atoms with van der Waals surface area (Å²) in [6.45, 7) is 1.98. The fraction of sp³-hybridized carbons (Fsp3) is 0.381. The number of hydrogen-bond donors (Lipinski definition) is 1. The summed E-state index contributed by atoms with van der Waals surface area (Å²) < 4.78 is 5.10. The van der Waals surface area contributed by atoms with Crippen LogP contribution in [0.4, 0.5) is 0 Å². The first kappa shape index (κ1) is 18.8. The Morgan fingerprint density at radius 3 is 2.68 bits per heavy atom. The highest BCUT2D eigenvalue weighted by Crippen LogP contribution is 2.45. The van der Waals surface area contributed by atoms with E-state index in [0.29, 0.717) is 18.0 Å². The van der Waals surface area contributed by atoms with E-state index in [-0.39, 0.29) is 24.3 Å². The molecule has 3 aliphatic rings. The first-order valence-corrected chi connectivity index (χ1v) is 10.4. The number of rotatable bonds is 6. The van der Waals surface area contributed by atoms with E-state index in [1.807, 2.05) is 47.6 Å². The molecule has 0 bridgehead atoms. The Hall–Kier alpha value is -2.54. The Labute approximate surface area is 168 Å². The van der Waals surface area contributed by atoms with E-state index in [0.717, 1.165) is 35.0 Å². The van der Waals surface area contributed by atoms with Crippen molar-refractivity contribution in [3.63, 3.8) is 0 Å². The highest BCUT2D eigenvalue weighted by molar-refractivity contribution is 8.16. The third-order valence-electron chi connectivity index (χ3n) is 5.03. The van der Waals surface area contributed by atoms with Gasteiger partial charge in [0.15, 0.2) is 5.17 Å². The van der Waals surface area contributed by atoms with Crippen molar-refractivity contribution in [2.24, 2.45) is 4.99 Å². The van der Waals surface area contributed by atoms with Gasteiger partial charge in [-0.1, -0.05) is 49.0 Å². The minimum absolute atomic E-state index is 0.00676.